The number of hydrogen-bond donors (Lipinski definition) is 2. The van der Waals surface area contributed by atoms with Gasteiger partial charge in [-0.2, -0.15) is 0 Å². The highest BCUT2D eigenvalue weighted by molar-refractivity contribution is 5.86. The van der Waals surface area contributed by atoms with Crippen LogP contribution in [0.3, 0.4) is 0 Å². The average Bonchev–Trinajstić information content (AvgIpc) is 2.85. The Morgan fingerprint density at radius 3 is 2.27 bits per heavy atom. The van der Waals surface area contributed by atoms with Gasteiger partial charge in [-0.1, -0.05) is 43.2 Å². The lowest BCUT2D eigenvalue weighted by Crippen LogP contribution is -2.53. The molecule has 2 N–H and O–H groups in total. The van der Waals surface area contributed by atoms with Gasteiger partial charge in [-0.15, -0.1) is 0 Å². The Morgan fingerprint density at radius 1 is 1.09 bits per heavy atom. The summed E-state index contributed by atoms with van der Waals surface area (Å²) in [5, 5.41) is 12.4. The molecule has 0 spiro atoms. The fourth-order valence-corrected chi connectivity index (χ4v) is 3.85. The van der Waals surface area contributed by atoms with E-state index in [1.807, 2.05) is 18.2 Å². The van der Waals surface area contributed by atoms with Crippen LogP contribution in [0.2, 0.25) is 0 Å². The van der Waals surface area contributed by atoms with Crippen LogP contribution in [0.25, 0.3) is 0 Å². The Bertz CT molecular complexity index is 549. The molecule has 2 aliphatic rings. The van der Waals surface area contributed by atoms with Gasteiger partial charge in [0.1, 0.15) is 0 Å². The minimum atomic E-state index is -0.838. The number of carboxylic acids is 1. The first kappa shape index (κ1) is 15.1. The zero-order valence-corrected chi connectivity index (χ0v) is 12.8. The first-order valence-corrected chi connectivity index (χ1v) is 8.18. The number of hydrogen-bond acceptors (Lipinski definition) is 2. The van der Waals surface area contributed by atoms with Crippen LogP contribution in [-0.2, 0) is 16.0 Å². The maximum absolute atomic E-state index is 12.5. The highest BCUT2D eigenvalue weighted by Crippen LogP contribution is 2.38. The zero-order valence-electron chi connectivity index (χ0n) is 12.8. The van der Waals surface area contributed by atoms with Crippen LogP contribution in [0, 0.1) is 11.8 Å². The molecule has 1 aromatic carbocycles. The van der Waals surface area contributed by atoms with Crippen molar-refractivity contribution in [3.63, 3.8) is 0 Å². The molecule has 2 saturated carbocycles. The van der Waals surface area contributed by atoms with E-state index in [1.54, 1.807) is 0 Å². The standard InChI is InChI=1S/C18H23NO3/c20-16(14-8-9-15(14)17(21)22)19-18(10-4-5-11-18)12-13-6-2-1-3-7-13/h1-3,6-7,14-15H,4-5,8-12H2,(H,19,20)(H,21,22). The van der Waals surface area contributed by atoms with Crippen molar-refractivity contribution < 1.29 is 14.7 Å². The van der Waals surface area contributed by atoms with Gasteiger partial charge in [0.2, 0.25) is 5.91 Å². The van der Waals surface area contributed by atoms with Crippen molar-refractivity contribution in [1.82, 2.24) is 5.32 Å². The van der Waals surface area contributed by atoms with Gasteiger partial charge in [0.05, 0.1) is 11.8 Å². The van der Waals surface area contributed by atoms with Crippen LogP contribution >= 0.6 is 0 Å². The van der Waals surface area contributed by atoms with E-state index in [2.05, 4.69) is 17.4 Å². The third kappa shape index (κ3) is 3.01. The second kappa shape index (κ2) is 6.11. The second-order valence-electron chi connectivity index (χ2n) is 6.77. The molecule has 22 heavy (non-hydrogen) atoms. The third-order valence-corrected chi connectivity index (χ3v) is 5.26. The maximum Gasteiger partial charge on any atom is 0.307 e. The molecular weight excluding hydrogens is 278 g/mol. The molecule has 118 valence electrons. The summed E-state index contributed by atoms with van der Waals surface area (Å²) in [7, 11) is 0. The molecule has 4 nitrogen and oxygen atoms in total. The van der Waals surface area contributed by atoms with E-state index in [0.29, 0.717) is 12.8 Å². The molecule has 0 heterocycles. The number of rotatable bonds is 5. The van der Waals surface area contributed by atoms with E-state index in [0.717, 1.165) is 32.1 Å². The van der Waals surface area contributed by atoms with Crippen molar-refractivity contribution >= 4 is 11.9 Å². The van der Waals surface area contributed by atoms with Crippen LogP contribution < -0.4 is 5.32 Å². The second-order valence-corrected chi connectivity index (χ2v) is 6.77. The van der Waals surface area contributed by atoms with Gasteiger partial charge in [-0.25, -0.2) is 0 Å². The van der Waals surface area contributed by atoms with Gasteiger partial charge < -0.3 is 10.4 Å². The Hall–Kier alpha value is -1.84. The van der Waals surface area contributed by atoms with Gasteiger partial charge in [0, 0.05) is 5.54 Å². The predicted octanol–water partition coefficient (Wildman–Crippen LogP) is 2.77. The number of nitrogens with one attached hydrogen (secondary N) is 1. The molecule has 4 heteroatoms. The molecule has 2 fully saturated rings. The van der Waals surface area contributed by atoms with Crippen molar-refractivity contribution in [2.24, 2.45) is 11.8 Å². The SMILES string of the molecule is O=C(O)C1CCC1C(=O)NC1(Cc2ccccc2)CCCC1. The molecule has 2 atom stereocenters. The number of amides is 1. The van der Waals surface area contributed by atoms with Crippen molar-refractivity contribution in [3.05, 3.63) is 35.9 Å². The van der Waals surface area contributed by atoms with E-state index in [-0.39, 0.29) is 17.4 Å². The molecule has 0 bridgehead atoms. The van der Waals surface area contributed by atoms with Gasteiger partial charge in [0.25, 0.3) is 0 Å². The normalized spacial score (nSPS) is 26.2. The van der Waals surface area contributed by atoms with Crippen molar-refractivity contribution in [3.8, 4) is 0 Å². The van der Waals surface area contributed by atoms with Gasteiger partial charge in [-0.3, -0.25) is 9.59 Å². The summed E-state index contributed by atoms with van der Waals surface area (Å²) in [4.78, 5) is 23.6. The Balaban J connectivity index is 1.69. The van der Waals surface area contributed by atoms with Crippen LogP contribution in [0.1, 0.15) is 44.1 Å². The van der Waals surface area contributed by atoms with Gasteiger partial charge in [0.15, 0.2) is 0 Å². The minimum absolute atomic E-state index is 0.0588. The summed E-state index contributed by atoms with van der Waals surface area (Å²) in [6.07, 6.45) is 6.38. The van der Waals surface area contributed by atoms with Crippen LogP contribution in [0.5, 0.6) is 0 Å². The smallest absolute Gasteiger partial charge is 0.307 e. The Labute approximate surface area is 130 Å². The highest BCUT2D eigenvalue weighted by atomic mass is 16.4. The fourth-order valence-electron chi connectivity index (χ4n) is 3.85. The summed E-state index contributed by atoms with van der Waals surface area (Å²) >= 11 is 0. The van der Waals surface area contributed by atoms with Crippen molar-refractivity contribution in [2.75, 3.05) is 0 Å². The highest BCUT2D eigenvalue weighted by Gasteiger charge is 2.44. The minimum Gasteiger partial charge on any atom is -0.481 e. The number of carboxylic acid groups (broad SMARTS) is 1. The fraction of sp³-hybridized carbons (Fsp3) is 0.556. The lowest BCUT2D eigenvalue weighted by Gasteiger charge is -2.37. The van der Waals surface area contributed by atoms with Gasteiger partial charge in [-0.05, 0) is 37.7 Å². The molecule has 0 aromatic heterocycles. The molecule has 0 radical (unpaired) electrons. The largest absolute Gasteiger partial charge is 0.481 e. The number of carbonyl (C=O) groups excluding carboxylic acids is 1. The van der Waals surface area contributed by atoms with E-state index in [1.165, 1.54) is 5.56 Å². The van der Waals surface area contributed by atoms with Crippen molar-refractivity contribution in [1.29, 1.82) is 0 Å². The van der Waals surface area contributed by atoms with E-state index >= 15 is 0 Å². The first-order valence-electron chi connectivity index (χ1n) is 8.18. The molecule has 0 saturated heterocycles. The topological polar surface area (TPSA) is 66.4 Å². The monoisotopic (exact) mass is 301 g/mol. The Kier molecular flexibility index (Phi) is 4.19. The number of carbonyl (C=O) groups is 2. The average molecular weight is 301 g/mol. The molecule has 3 rings (SSSR count). The lowest BCUT2D eigenvalue weighted by molar-refractivity contribution is -0.153. The zero-order chi connectivity index (χ0) is 15.6. The lowest BCUT2D eigenvalue weighted by atomic mass is 9.72. The molecule has 0 aliphatic heterocycles. The number of benzene rings is 1. The number of aliphatic carboxylic acids is 1. The quantitative estimate of drug-likeness (QED) is 0.879. The van der Waals surface area contributed by atoms with E-state index in [9.17, 15) is 9.59 Å². The summed E-state index contributed by atoms with van der Waals surface area (Å²) in [6.45, 7) is 0. The molecule has 1 amide bonds. The van der Waals surface area contributed by atoms with Gasteiger partial charge >= 0.3 is 5.97 Å². The van der Waals surface area contributed by atoms with Crippen molar-refractivity contribution in [2.45, 2.75) is 50.5 Å². The summed E-state index contributed by atoms with van der Waals surface area (Å²) < 4.78 is 0. The summed E-state index contributed by atoms with van der Waals surface area (Å²) in [5.41, 5.74) is 1.05. The summed E-state index contributed by atoms with van der Waals surface area (Å²) in [6, 6.07) is 10.2. The van der Waals surface area contributed by atoms with Crippen LogP contribution in [0.15, 0.2) is 30.3 Å². The van der Waals surface area contributed by atoms with E-state index < -0.39 is 11.9 Å². The molecule has 2 aliphatic carbocycles. The maximum atomic E-state index is 12.5. The summed E-state index contributed by atoms with van der Waals surface area (Å²) in [5.74, 6) is -1.73. The van der Waals surface area contributed by atoms with Crippen LogP contribution in [0.4, 0.5) is 0 Å². The molecule has 1 aromatic rings. The van der Waals surface area contributed by atoms with Crippen LogP contribution in [-0.4, -0.2) is 22.5 Å². The van der Waals surface area contributed by atoms with E-state index in [4.69, 9.17) is 5.11 Å². The first-order chi connectivity index (χ1) is 10.6. The third-order valence-electron chi connectivity index (χ3n) is 5.26. The molecular formula is C18H23NO3. The Morgan fingerprint density at radius 2 is 1.73 bits per heavy atom. The predicted molar refractivity (Wildman–Crippen MR) is 83.3 cm³/mol. The molecule has 2 unspecified atom stereocenters.